The van der Waals surface area contributed by atoms with Gasteiger partial charge in [0.1, 0.15) is 35.2 Å². The summed E-state index contributed by atoms with van der Waals surface area (Å²) in [4.78, 5) is 0. The van der Waals surface area contributed by atoms with E-state index in [2.05, 4.69) is 13.5 Å². The fourth-order valence-electron chi connectivity index (χ4n) is 3.70. The van der Waals surface area contributed by atoms with E-state index in [0.717, 1.165) is 47.3 Å². The Hall–Kier alpha value is -2.24. The molecule has 2 aliphatic rings. The molecular weight excluding hydrogens is 354 g/mol. The largest absolute Gasteiger partial charge is 0.490 e. The normalized spacial score (nSPS) is 17.8. The van der Waals surface area contributed by atoms with Crippen molar-refractivity contribution in [2.24, 2.45) is 5.73 Å². The molecule has 2 aliphatic heterocycles. The minimum Gasteiger partial charge on any atom is -0.490 e. The first kappa shape index (κ1) is 20.5. The van der Waals surface area contributed by atoms with Gasteiger partial charge in [-0.3, -0.25) is 0 Å². The second kappa shape index (κ2) is 8.02. The number of fused-ring (bicyclic) bond motifs is 3. The zero-order valence-electron chi connectivity index (χ0n) is 17.3. The lowest BCUT2D eigenvalue weighted by molar-refractivity contribution is 0.154. The Labute approximate surface area is 167 Å². The summed E-state index contributed by atoms with van der Waals surface area (Å²) in [5.41, 5.74) is 9.79. The van der Waals surface area contributed by atoms with Gasteiger partial charge in [0.05, 0.1) is 23.3 Å². The number of aliphatic hydroxyl groups excluding tert-OH is 1. The maximum absolute atomic E-state index is 9.33. The minimum atomic E-state index is -0.449. The van der Waals surface area contributed by atoms with Gasteiger partial charge in [-0.2, -0.15) is 0 Å². The van der Waals surface area contributed by atoms with Crippen LogP contribution in [0.4, 0.5) is 0 Å². The third kappa shape index (κ3) is 3.69. The van der Waals surface area contributed by atoms with Gasteiger partial charge in [-0.25, -0.2) is 0 Å². The van der Waals surface area contributed by atoms with Crippen molar-refractivity contribution in [1.29, 1.82) is 0 Å². The van der Waals surface area contributed by atoms with Crippen molar-refractivity contribution in [2.45, 2.75) is 58.6 Å². The summed E-state index contributed by atoms with van der Waals surface area (Å²) in [6, 6.07) is -0.273. The van der Waals surface area contributed by atoms with Crippen LogP contribution in [0.3, 0.4) is 0 Å². The number of rotatable bonds is 7. The van der Waals surface area contributed by atoms with Crippen LogP contribution in [-0.2, 0) is 0 Å². The molecule has 1 aromatic carbocycles. The quantitative estimate of drug-likeness (QED) is 0.709. The summed E-state index contributed by atoms with van der Waals surface area (Å²) in [5.74, 6) is 2.62. The Balaban J connectivity index is 2.37. The number of allylic oxidation sites excluding steroid dienone is 2. The molecule has 3 rings (SSSR count). The summed E-state index contributed by atoms with van der Waals surface area (Å²) in [6.45, 7) is 12.3. The van der Waals surface area contributed by atoms with E-state index in [1.165, 1.54) is 0 Å². The summed E-state index contributed by atoms with van der Waals surface area (Å²) in [6.07, 6.45) is 8.62. The molecule has 0 aliphatic carbocycles. The highest BCUT2D eigenvalue weighted by Gasteiger charge is 2.36. The van der Waals surface area contributed by atoms with Crippen molar-refractivity contribution < 1.29 is 19.3 Å². The molecule has 1 unspecified atom stereocenters. The number of nitrogens with two attached hydrogens (primary N) is 1. The number of ether oxygens (including phenoxy) is 3. The van der Waals surface area contributed by atoms with Crippen LogP contribution in [0.2, 0.25) is 0 Å². The average molecular weight is 386 g/mol. The Bertz CT molecular complexity index is 836. The molecule has 0 bridgehead atoms. The van der Waals surface area contributed by atoms with Crippen LogP contribution in [0.25, 0.3) is 11.6 Å². The van der Waals surface area contributed by atoms with Gasteiger partial charge in [0, 0.05) is 6.04 Å². The van der Waals surface area contributed by atoms with Gasteiger partial charge in [0.15, 0.2) is 0 Å². The summed E-state index contributed by atoms with van der Waals surface area (Å²) >= 11 is 0. The van der Waals surface area contributed by atoms with Gasteiger partial charge < -0.3 is 25.1 Å². The van der Waals surface area contributed by atoms with Crippen LogP contribution < -0.4 is 19.9 Å². The number of hydrogen-bond donors (Lipinski definition) is 2. The van der Waals surface area contributed by atoms with Gasteiger partial charge in [-0.05, 0) is 50.5 Å². The second-order valence-electron chi connectivity index (χ2n) is 7.80. The lowest BCUT2D eigenvalue weighted by Gasteiger charge is -2.35. The highest BCUT2D eigenvalue weighted by molar-refractivity contribution is 5.87. The van der Waals surface area contributed by atoms with E-state index in [-0.39, 0.29) is 19.3 Å². The first-order valence-electron chi connectivity index (χ1n) is 10.0. The monoisotopic (exact) mass is 385 g/mol. The molecule has 0 saturated carbocycles. The number of hydrogen-bond acceptors (Lipinski definition) is 5. The van der Waals surface area contributed by atoms with E-state index >= 15 is 0 Å². The van der Waals surface area contributed by atoms with Crippen molar-refractivity contribution >= 4 is 11.6 Å². The molecule has 0 amide bonds. The summed E-state index contributed by atoms with van der Waals surface area (Å²) in [5, 5.41) is 9.33. The van der Waals surface area contributed by atoms with E-state index < -0.39 is 5.60 Å². The van der Waals surface area contributed by atoms with E-state index in [1.54, 1.807) is 0 Å². The molecule has 28 heavy (non-hydrogen) atoms. The molecule has 152 valence electrons. The van der Waals surface area contributed by atoms with Gasteiger partial charge in [0.2, 0.25) is 0 Å². The van der Waals surface area contributed by atoms with E-state index in [9.17, 15) is 5.11 Å². The summed E-state index contributed by atoms with van der Waals surface area (Å²) in [7, 11) is 0. The number of benzene rings is 1. The molecule has 5 heteroatoms. The van der Waals surface area contributed by atoms with E-state index in [0.29, 0.717) is 17.3 Å². The van der Waals surface area contributed by atoms with Crippen LogP contribution >= 0.6 is 0 Å². The van der Waals surface area contributed by atoms with Crippen LogP contribution in [0.15, 0.2) is 24.5 Å². The molecule has 0 fully saturated rings. The third-order valence-corrected chi connectivity index (χ3v) is 5.01. The van der Waals surface area contributed by atoms with Crippen molar-refractivity contribution in [3.63, 3.8) is 0 Å². The van der Waals surface area contributed by atoms with E-state index in [4.69, 9.17) is 19.9 Å². The average Bonchev–Trinajstić information content (AvgIpc) is 2.64. The fourth-order valence-corrected chi connectivity index (χ4v) is 3.70. The molecular formula is C23H31NO4. The van der Waals surface area contributed by atoms with Crippen LogP contribution in [0.5, 0.6) is 17.2 Å². The number of aliphatic hydroxyl groups is 1. The van der Waals surface area contributed by atoms with Crippen molar-refractivity contribution in [1.82, 2.24) is 0 Å². The fraction of sp³-hybridized carbons (Fsp3) is 0.478. The highest BCUT2D eigenvalue weighted by atomic mass is 16.5. The lowest BCUT2D eigenvalue weighted by Crippen LogP contribution is -2.29. The maximum atomic E-state index is 9.33. The Morgan fingerprint density at radius 1 is 1.29 bits per heavy atom. The third-order valence-electron chi connectivity index (χ3n) is 5.01. The lowest BCUT2D eigenvalue weighted by atomic mass is 9.86. The standard InChI is InChI=1S/C23H31NO4/c1-6-8-15-13-14(3)27-22-18(15)21-16(9-10-23(4,5)28-21)20(26-12-11-25)19(22)17(24)7-2/h9-10,13,17,25H,3,6-8,11-12,24H2,1-2,4-5H3. The zero-order valence-corrected chi connectivity index (χ0v) is 17.3. The van der Waals surface area contributed by atoms with Crippen LogP contribution in [0.1, 0.15) is 69.7 Å². The smallest absolute Gasteiger partial charge is 0.147 e. The Kier molecular flexibility index (Phi) is 5.87. The van der Waals surface area contributed by atoms with Crippen LogP contribution in [-0.4, -0.2) is 23.9 Å². The summed E-state index contributed by atoms with van der Waals surface area (Å²) < 4.78 is 18.5. The van der Waals surface area contributed by atoms with Crippen molar-refractivity contribution in [2.75, 3.05) is 13.2 Å². The second-order valence-corrected chi connectivity index (χ2v) is 7.80. The molecule has 0 spiro atoms. The SMILES string of the molecule is C=C1C=C(CCC)c2c3c(c(OCCO)c(C(N)CC)c2O1)C=CC(C)(C)O3. The van der Waals surface area contributed by atoms with Crippen molar-refractivity contribution in [3.8, 4) is 17.2 Å². The molecule has 1 atom stereocenters. The Morgan fingerprint density at radius 3 is 2.68 bits per heavy atom. The highest BCUT2D eigenvalue weighted by Crippen LogP contribution is 2.54. The first-order chi connectivity index (χ1) is 13.3. The van der Waals surface area contributed by atoms with Crippen LogP contribution in [0, 0.1) is 0 Å². The van der Waals surface area contributed by atoms with Gasteiger partial charge >= 0.3 is 0 Å². The molecule has 1 aromatic rings. The van der Waals surface area contributed by atoms with E-state index in [1.807, 2.05) is 39.0 Å². The van der Waals surface area contributed by atoms with Crippen molar-refractivity contribution in [3.05, 3.63) is 41.2 Å². The molecule has 2 heterocycles. The molecule has 3 N–H and O–H groups in total. The predicted octanol–water partition coefficient (Wildman–Crippen LogP) is 4.74. The van der Waals surface area contributed by atoms with Gasteiger partial charge in [0.25, 0.3) is 0 Å². The molecule has 0 aromatic heterocycles. The first-order valence-corrected chi connectivity index (χ1v) is 10.0. The zero-order chi connectivity index (χ0) is 20.5. The Morgan fingerprint density at radius 2 is 2.04 bits per heavy atom. The molecule has 5 nitrogen and oxygen atoms in total. The topological polar surface area (TPSA) is 73.9 Å². The molecule has 0 radical (unpaired) electrons. The van der Waals surface area contributed by atoms with Gasteiger partial charge in [-0.1, -0.05) is 26.8 Å². The molecule has 0 saturated heterocycles. The minimum absolute atomic E-state index is 0.0860. The van der Waals surface area contributed by atoms with Gasteiger partial charge in [-0.15, -0.1) is 0 Å². The predicted molar refractivity (Wildman–Crippen MR) is 113 cm³/mol. The maximum Gasteiger partial charge on any atom is 0.147 e.